The van der Waals surface area contributed by atoms with E-state index in [-0.39, 0.29) is 0 Å². The third-order valence-corrected chi connectivity index (χ3v) is 8.64. The smallest absolute Gasteiger partial charge is 0.00262 e. The molecule has 0 aromatic heterocycles. The lowest BCUT2D eigenvalue weighted by Crippen LogP contribution is -2.00. The third-order valence-electron chi connectivity index (χ3n) is 8.64. The summed E-state index contributed by atoms with van der Waals surface area (Å²) in [7, 11) is 0. The quantitative estimate of drug-likeness (QED) is 0.232. The Bertz CT molecular complexity index is 1570. The summed E-state index contributed by atoms with van der Waals surface area (Å²) in [4.78, 5) is 0. The van der Waals surface area contributed by atoms with Gasteiger partial charge in [-0.3, -0.25) is 0 Å². The number of benzene rings is 5. The average molecular weight is 479 g/mol. The van der Waals surface area contributed by atoms with Crippen LogP contribution in [0.2, 0.25) is 0 Å². The predicted molar refractivity (Wildman–Crippen MR) is 159 cm³/mol. The normalized spacial score (nSPS) is 15.1. The highest BCUT2D eigenvalue weighted by atomic mass is 14.3. The molecule has 2 aliphatic rings. The number of hydrogen-bond donors (Lipinski definition) is 0. The van der Waals surface area contributed by atoms with Crippen molar-refractivity contribution in [3.05, 3.63) is 108 Å². The largest absolute Gasteiger partial charge is 0.0622 e. The van der Waals surface area contributed by atoms with Gasteiger partial charge in [-0.15, -0.1) is 0 Å². The van der Waals surface area contributed by atoms with Crippen LogP contribution in [0, 0.1) is 0 Å². The summed E-state index contributed by atoms with van der Waals surface area (Å²) in [6.45, 7) is 0. The van der Waals surface area contributed by atoms with Gasteiger partial charge in [0, 0.05) is 0 Å². The SMILES string of the molecule is c1ccc(-c2ccc(-c3cc4c5c(c3CCCCCCCCC4)-c3cccc4cccc-5c34)cc2)cc1. The van der Waals surface area contributed by atoms with Crippen LogP contribution in [-0.2, 0) is 12.8 Å². The van der Waals surface area contributed by atoms with E-state index in [9.17, 15) is 0 Å². The first-order valence-corrected chi connectivity index (χ1v) is 14.3. The van der Waals surface area contributed by atoms with Gasteiger partial charge in [0.05, 0.1) is 0 Å². The molecule has 0 unspecified atom stereocenters. The summed E-state index contributed by atoms with van der Waals surface area (Å²) in [5.74, 6) is 0. The van der Waals surface area contributed by atoms with Gasteiger partial charge in [-0.2, -0.15) is 0 Å². The van der Waals surface area contributed by atoms with E-state index in [0.29, 0.717) is 0 Å². The average Bonchev–Trinajstić information content (AvgIpc) is 3.30. The van der Waals surface area contributed by atoms with Crippen LogP contribution in [0.5, 0.6) is 0 Å². The molecule has 37 heavy (non-hydrogen) atoms. The van der Waals surface area contributed by atoms with E-state index < -0.39 is 0 Å². The fourth-order valence-electron chi connectivity index (χ4n) is 6.83. The van der Waals surface area contributed by atoms with Gasteiger partial charge in [0.1, 0.15) is 0 Å². The summed E-state index contributed by atoms with van der Waals surface area (Å²) >= 11 is 0. The summed E-state index contributed by atoms with van der Waals surface area (Å²) in [6.07, 6.45) is 11.7. The zero-order chi connectivity index (χ0) is 24.6. The van der Waals surface area contributed by atoms with Crippen LogP contribution >= 0.6 is 0 Å². The topological polar surface area (TPSA) is 0 Å². The molecule has 0 nitrogen and oxygen atoms in total. The highest BCUT2D eigenvalue weighted by Gasteiger charge is 2.28. The van der Waals surface area contributed by atoms with E-state index >= 15 is 0 Å². The minimum Gasteiger partial charge on any atom is -0.0622 e. The molecule has 7 rings (SSSR count). The zero-order valence-corrected chi connectivity index (χ0v) is 21.6. The molecule has 0 saturated carbocycles. The highest BCUT2D eigenvalue weighted by molar-refractivity contribution is 6.17. The second-order valence-electron chi connectivity index (χ2n) is 10.9. The van der Waals surface area contributed by atoms with Gasteiger partial charge in [-0.1, -0.05) is 129 Å². The van der Waals surface area contributed by atoms with Gasteiger partial charge in [0.15, 0.2) is 0 Å². The van der Waals surface area contributed by atoms with Crippen molar-refractivity contribution in [2.24, 2.45) is 0 Å². The summed E-state index contributed by atoms with van der Waals surface area (Å²) in [5, 5.41) is 2.84. The molecule has 0 fully saturated rings. The van der Waals surface area contributed by atoms with Crippen molar-refractivity contribution >= 4 is 10.8 Å². The van der Waals surface area contributed by atoms with E-state index in [2.05, 4.69) is 97.1 Å². The molecular weight excluding hydrogens is 444 g/mol. The minimum atomic E-state index is 1.16. The van der Waals surface area contributed by atoms with Crippen LogP contribution in [0.15, 0.2) is 97.1 Å². The Hall–Kier alpha value is -3.64. The fourth-order valence-corrected chi connectivity index (χ4v) is 6.83. The number of rotatable bonds is 2. The summed E-state index contributed by atoms with van der Waals surface area (Å²) in [6, 6.07) is 36.5. The van der Waals surface area contributed by atoms with Crippen molar-refractivity contribution in [2.75, 3.05) is 0 Å². The maximum absolute atomic E-state index is 2.58. The molecule has 0 aliphatic heterocycles. The first kappa shape index (κ1) is 22.5. The second-order valence-corrected chi connectivity index (χ2v) is 10.9. The Kier molecular flexibility index (Phi) is 5.89. The molecule has 0 atom stereocenters. The Morgan fingerprint density at radius 2 is 1.00 bits per heavy atom. The lowest BCUT2D eigenvalue weighted by atomic mass is 9.83. The standard InChI is InChI=1S/C37H34/c1-2-4-7-15-30-25-34(28-23-21-27(22-24-28)26-13-8-6-9-14-26)31(18-10-5-3-1)37-33-20-12-17-29-16-11-19-32(35(29)33)36(30)37/h6,8-9,11-14,16-17,19-25H,1-5,7,10,15,18H2. The molecule has 0 heteroatoms. The zero-order valence-electron chi connectivity index (χ0n) is 21.6. The van der Waals surface area contributed by atoms with Crippen molar-refractivity contribution < 1.29 is 0 Å². The van der Waals surface area contributed by atoms with Crippen LogP contribution in [0.25, 0.3) is 55.3 Å². The fraction of sp³-hybridized carbons (Fsp3) is 0.243. The molecule has 0 amide bonds. The van der Waals surface area contributed by atoms with Crippen molar-refractivity contribution in [2.45, 2.75) is 57.8 Å². The Balaban J connectivity index is 1.45. The van der Waals surface area contributed by atoms with Gasteiger partial charge in [0.2, 0.25) is 0 Å². The molecule has 5 aromatic carbocycles. The van der Waals surface area contributed by atoms with Crippen molar-refractivity contribution in [3.63, 3.8) is 0 Å². The lowest BCUT2D eigenvalue weighted by Gasteiger charge is -2.20. The maximum atomic E-state index is 2.58. The molecule has 2 aliphatic carbocycles. The molecule has 0 heterocycles. The Labute approximate surface area is 221 Å². The maximum Gasteiger partial charge on any atom is -0.00262 e. The van der Waals surface area contributed by atoms with Crippen LogP contribution in [0.1, 0.15) is 56.1 Å². The van der Waals surface area contributed by atoms with Gasteiger partial charge in [0.25, 0.3) is 0 Å². The van der Waals surface area contributed by atoms with Crippen LogP contribution in [-0.4, -0.2) is 0 Å². The monoisotopic (exact) mass is 478 g/mol. The molecule has 0 saturated heterocycles. The van der Waals surface area contributed by atoms with Crippen molar-refractivity contribution in [1.29, 1.82) is 0 Å². The number of hydrogen-bond acceptors (Lipinski definition) is 0. The van der Waals surface area contributed by atoms with E-state index in [1.54, 1.807) is 11.1 Å². The van der Waals surface area contributed by atoms with Crippen molar-refractivity contribution in [1.82, 2.24) is 0 Å². The molecule has 0 N–H and O–H groups in total. The van der Waals surface area contributed by atoms with E-state index in [1.807, 2.05) is 0 Å². The minimum absolute atomic E-state index is 1.16. The Morgan fingerprint density at radius 1 is 0.405 bits per heavy atom. The van der Waals surface area contributed by atoms with E-state index in [0.717, 1.165) is 6.42 Å². The van der Waals surface area contributed by atoms with Gasteiger partial charge >= 0.3 is 0 Å². The predicted octanol–water partition coefficient (Wildman–Crippen LogP) is 10.7. The van der Waals surface area contributed by atoms with E-state index in [1.165, 1.54) is 107 Å². The van der Waals surface area contributed by atoms with Gasteiger partial charge in [-0.25, -0.2) is 0 Å². The van der Waals surface area contributed by atoms with Crippen molar-refractivity contribution in [3.8, 4) is 44.5 Å². The second kappa shape index (κ2) is 9.67. The molecule has 0 spiro atoms. The molecule has 5 aromatic rings. The first-order chi connectivity index (χ1) is 18.4. The molecule has 0 radical (unpaired) electrons. The molecule has 2 bridgehead atoms. The van der Waals surface area contributed by atoms with Crippen LogP contribution < -0.4 is 0 Å². The Morgan fingerprint density at radius 3 is 1.73 bits per heavy atom. The summed E-state index contributed by atoms with van der Waals surface area (Å²) < 4.78 is 0. The van der Waals surface area contributed by atoms with Crippen LogP contribution in [0.4, 0.5) is 0 Å². The lowest BCUT2D eigenvalue weighted by molar-refractivity contribution is 0.581. The highest BCUT2D eigenvalue weighted by Crippen LogP contribution is 2.53. The third kappa shape index (κ3) is 4.00. The number of aryl methyl sites for hydroxylation is 1. The summed E-state index contributed by atoms with van der Waals surface area (Å²) in [5.41, 5.74) is 14.5. The molecular formula is C37H34. The van der Waals surface area contributed by atoms with E-state index in [4.69, 9.17) is 0 Å². The van der Waals surface area contributed by atoms with Crippen LogP contribution in [0.3, 0.4) is 0 Å². The molecule has 182 valence electrons. The first-order valence-electron chi connectivity index (χ1n) is 14.3. The van der Waals surface area contributed by atoms with Gasteiger partial charge < -0.3 is 0 Å². The van der Waals surface area contributed by atoms with Gasteiger partial charge in [-0.05, 0) is 92.1 Å².